The quantitative estimate of drug-likeness (QED) is 0.378. The van der Waals surface area contributed by atoms with Gasteiger partial charge >= 0.3 is 18.9 Å². The van der Waals surface area contributed by atoms with Gasteiger partial charge in [-0.15, -0.1) is 11.8 Å². The number of aliphatic carboxylic acids is 1. The summed E-state index contributed by atoms with van der Waals surface area (Å²) < 4.78 is 2.00. The Bertz CT molecular complexity index is 1110. The van der Waals surface area contributed by atoms with Gasteiger partial charge in [0.1, 0.15) is 6.33 Å². The third-order valence-corrected chi connectivity index (χ3v) is 5.28. The van der Waals surface area contributed by atoms with E-state index < -0.39 is 5.97 Å². The Hall–Kier alpha value is -2.45. The van der Waals surface area contributed by atoms with Crippen molar-refractivity contribution in [1.29, 1.82) is 0 Å². The molecule has 28 heavy (non-hydrogen) atoms. The molecule has 0 radical (unpaired) electrons. The van der Waals surface area contributed by atoms with E-state index in [2.05, 4.69) is 53.7 Å². The van der Waals surface area contributed by atoms with Gasteiger partial charge in [0.15, 0.2) is 0 Å². The van der Waals surface area contributed by atoms with Crippen LogP contribution in [0.2, 0.25) is 0 Å². The molecule has 3 aromatic carbocycles. The third kappa shape index (κ3) is 4.18. The molecule has 1 heterocycles. The number of benzene rings is 3. The number of aromatic nitrogens is 2. The summed E-state index contributed by atoms with van der Waals surface area (Å²) in [6.07, 6.45) is 3.78. The van der Waals surface area contributed by atoms with E-state index in [9.17, 15) is 9.90 Å². The first-order valence-corrected chi connectivity index (χ1v) is 9.77. The second-order valence-corrected chi connectivity index (χ2v) is 7.14. The molecule has 4 rings (SSSR count). The van der Waals surface area contributed by atoms with Gasteiger partial charge in [-0.1, -0.05) is 30.3 Å². The van der Waals surface area contributed by atoms with E-state index in [1.54, 1.807) is 30.2 Å². The molecule has 1 aromatic heterocycles. The minimum Gasteiger partial charge on any atom is -0.550 e. The first-order chi connectivity index (χ1) is 13.1. The molecule has 0 saturated carbocycles. The maximum absolute atomic E-state index is 10.7. The molecular formula is C22H17LiN2O2S. The summed E-state index contributed by atoms with van der Waals surface area (Å²) in [5.41, 5.74) is 5.88. The van der Waals surface area contributed by atoms with Crippen molar-refractivity contribution in [3.8, 4) is 16.8 Å². The summed E-state index contributed by atoms with van der Waals surface area (Å²) in [6.45, 7) is 0. The van der Waals surface area contributed by atoms with Crippen LogP contribution >= 0.6 is 11.8 Å². The van der Waals surface area contributed by atoms with Gasteiger partial charge in [-0.3, -0.25) is 4.57 Å². The average Bonchev–Trinajstić information content (AvgIpc) is 3.11. The van der Waals surface area contributed by atoms with Crippen molar-refractivity contribution in [2.24, 2.45) is 0 Å². The minimum absolute atomic E-state index is 0. The number of hydrogen-bond acceptors (Lipinski definition) is 4. The monoisotopic (exact) mass is 380 g/mol. The zero-order chi connectivity index (χ0) is 18.8. The zero-order valence-corrected chi connectivity index (χ0v) is 16.6. The maximum Gasteiger partial charge on any atom is 1.00 e. The molecule has 0 unspecified atom stereocenters. The van der Waals surface area contributed by atoms with Crippen LogP contribution in [0, 0.1) is 0 Å². The van der Waals surface area contributed by atoms with Crippen molar-refractivity contribution >= 4 is 28.8 Å². The number of carbonyl (C=O) groups is 1. The molecule has 0 bridgehead atoms. The number of nitrogens with zero attached hydrogens (tertiary/aromatic N) is 2. The first-order valence-electron chi connectivity index (χ1n) is 8.55. The smallest absolute Gasteiger partial charge is 0.550 e. The second-order valence-electron chi connectivity index (χ2n) is 6.26. The Kier molecular flexibility index (Phi) is 6.31. The maximum atomic E-state index is 10.7. The summed E-state index contributed by atoms with van der Waals surface area (Å²) >= 11 is 1.73. The summed E-state index contributed by atoms with van der Waals surface area (Å²) in [4.78, 5) is 16.5. The van der Waals surface area contributed by atoms with Crippen molar-refractivity contribution in [2.45, 2.75) is 11.3 Å². The standard InChI is InChI=1S/C22H18N2O2S.Li/c1-27-19-9-4-16(5-10-19)17-6-11-21-20(13-17)23-14-24(21)18-7-2-15(3-8-18)12-22(25)26;/h2-11,13-14H,12H2,1H3,(H,25,26);/q;+1/p-1. The number of carbonyl (C=O) groups excluding carboxylic acids is 1. The Morgan fingerprint density at radius 1 is 1.00 bits per heavy atom. The fourth-order valence-corrected chi connectivity index (χ4v) is 3.53. The topological polar surface area (TPSA) is 58.0 Å². The number of thioether (sulfide) groups is 1. The van der Waals surface area contributed by atoms with Crippen LogP contribution in [0.25, 0.3) is 27.8 Å². The summed E-state index contributed by atoms with van der Waals surface area (Å²) in [6, 6.07) is 22.1. The summed E-state index contributed by atoms with van der Waals surface area (Å²) in [7, 11) is 0. The van der Waals surface area contributed by atoms with Crippen molar-refractivity contribution in [3.05, 3.63) is 78.6 Å². The van der Waals surface area contributed by atoms with Gasteiger partial charge in [-0.2, -0.15) is 0 Å². The minimum atomic E-state index is -1.08. The van der Waals surface area contributed by atoms with Crippen molar-refractivity contribution in [1.82, 2.24) is 9.55 Å². The van der Waals surface area contributed by atoms with Gasteiger partial charge in [-0.05, 0) is 59.3 Å². The normalized spacial score (nSPS) is 10.6. The first kappa shape index (κ1) is 20.3. The number of carboxylic acid groups (broad SMARTS) is 1. The number of hydrogen-bond donors (Lipinski definition) is 0. The molecule has 0 atom stereocenters. The third-order valence-electron chi connectivity index (χ3n) is 4.53. The van der Waals surface area contributed by atoms with Gasteiger partial charge in [-0.25, -0.2) is 4.98 Å². The molecular weight excluding hydrogens is 363 g/mol. The molecule has 0 amide bonds. The molecule has 0 aliphatic heterocycles. The van der Waals surface area contributed by atoms with E-state index in [0.29, 0.717) is 0 Å². The number of imidazole rings is 1. The molecule has 0 aliphatic carbocycles. The fraction of sp³-hybridized carbons (Fsp3) is 0.0909. The van der Waals surface area contributed by atoms with E-state index >= 15 is 0 Å². The Morgan fingerprint density at radius 3 is 2.32 bits per heavy atom. The van der Waals surface area contributed by atoms with Crippen LogP contribution in [-0.2, 0) is 11.2 Å². The van der Waals surface area contributed by atoms with E-state index in [1.165, 1.54) is 4.90 Å². The van der Waals surface area contributed by atoms with E-state index in [1.807, 2.05) is 16.7 Å². The Morgan fingerprint density at radius 2 is 1.68 bits per heavy atom. The molecule has 0 fully saturated rings. The van der Waals surface area contributed by atoms with Gasteiger partial charge in [0.25, 0.3) is 0 Å². The molecule has 6 heteroatoms. The molecule has 0 N–H and O–H groups in total. The van der Waals surface area contributed by atoms with Crippen LogP contribution in [0.4, 0.5) is 0 Å². The molecule has 0 saturated heterocycles. The van der Waals surface area contributed by atoms with Crippen LogP contribution in [0.5, 0.6) is 0 Å². The molecule has 4 aromatic rings. The van der Waals surface area contributed by atoms with E-state index in [4.69, 9.17) is 0 Å². The largest absolute Gasteiger partial charge is 1.00 e. The van der Waals surface area contributed by atoms with Gasteiger partial charge in [0, 0.05) is 23.0 Å². The zero-order valence-electron chi connectivity index (χ0n) is 15.8. The van der Waals surface area contributed by atoms with Crippen molar-refractivity contribution in [2.75, 3.05) is 6.26 Å². The Labute approximate surface area is 179 Å². The van der Waals surface area contributed by atoms with E-state index in [0.717, 1.165) is 33.4 Å². The molecule has 134 valence electrons. The average molecular weight is 380 g/mol. The summed E-state index contributed by atoms with van der Waals surface area (Å²) in [5.74, 6) is -1.08. The van der Waals surface area contributed by atoms with Crippen molar-refractivity contribution < 1.29 is 28.8 Å². The van der Waals surface area contributed by atoms with Crippen molar-refractivity contribution in [3.63, 3.8) is 0 Å². The number of carboxylic acids is 1. The molecule has 0 spiro atoms. The van der Waals surface area contributed by atoms with Crippen LogP contribution in [-0.4, -0.2) is 21.8 Å². The SMILES string of the molecule is CSc1ccc(-c2ccc3c(c2)ncn3-c2ccc(CC(=O)[O-])cc2)cc1.[Li+]. The number of rotatable bonds is 5. The molecule has 0 aliphatic rings. The van der Waals surface area contributed by atoms with Crippen LogP contribution in [0.15, 0.2) is 78.0 Å². The van der Waals surface area contributed by atoms with E-state index in [-0.39, 0.29) is 25.3 Å². The second kappa shape index (κ2) is 8.70. The predicted octanol–water partition coefficient (Wildman–Crippen LogP) is 0.711. The van der Waals surface area contributed by atoms with Crippen LogP contribution < -0.4 is 24.0 Å². The van der Waals surface area contributed by atoms with Crippen LogP contribution in [0.3, 0.4) is 0 Å². The predicted molar refractivity (Wildman–Crippen MR) is 107 cm³/mol. The number of fused-ring (bicyclic) bond motifs is 1. The van der Waals surface area contributed by atoms with Crippen LogP contribution in [0.1, 0.15) is 5.56 Å². The fourth-order valence-electron chi connectivity index (χ4n) is 3.12. The van der Waals surface area contributed by atoms with Gasteiger partial charge in [0.2, 0.25) is 0 Å². The molecule has 4 nitrogen and oxygen atoms in total. The van der Waals surface area contributed by atoms with Gasteiger partial charge < -0.3 is 9.90 Å². The van der Waals surface area contributed by atoms with Gasteiger partial charge in [0.05, 0.1) is 11.0 Å². The Balaban J connectivity index is 0.00000225. The summed E-state index contributed by atoms with van der Waals surface area (Å²) in [5, 5.41) is 10.7.